The van der Waals surface area contributed by atoms with Gasteiger partial charge in [-0.2, -0.15) is 0 Å². The molecule has 0 radical (unpaired) electrons. The van der Waals surface area contributed by atoms with Gasteiger partial charge in [0.25, 0.3) is 0 Å². The molecule has 2 N–H and O–H groups in total. The zero-order chi connectivity index (χ0) is 16.6. The number of aromatic nitrogens is 1. The highest BCUT2D eigenvalue weighted by Gasteiger charge is 2.57. The molecule has 2 heterocycles. The van der Waals surface area contributed by atoms with Gasteiger partial charge in [0.1, 0.15) is 0 Å². The zero-order valence-corrected chi connectivity index (χ0v) is 14.8. The summed E-state index contributed by atoms with van der Waals surface area (Å²) in [6, 6.07) is 8.48. The number of carbonyl (C=O) groups excluding carboxylic acids is 1. The maximum Gasteiger partial charge on any atom is 0.229 e. The molecule has 1 aliphatic carbocycles. The van der Waals surface area contributed by atoms with E-state index >= 15 is 0 Å². The number of amides is 1. The van der Waals surface area contributed by atoms with Crippen molar-refractivity contribution in [1.82, 2.24) is 10.3 Å². The van der Waals surface area contributed by atoms with Gasteiger partial charge in [-0.05, 0) is 49.8 Å². The Hall–Kier alpha value is -1.72. The van der Waals surface area contributed by atoms with Crippen LogP contribution in [0.1, 0.15) is 31.7 Å². The van der Waals surface area contributed by atoms with E-state index in [-0.39, 0.29) is 17.2 Å². The molecule has 1 unspecified atom stereocenters. The minimum Gasteiger partial charge on any atom is -0.317 e. The van der Waals surface area contributed by atoms with E-state index in [1.807, 2.05) is 5.38 Å². The Morgan fingerprint density at radius 1 is 1.33 bits per heavy atom. The molecule has 1 spiro atoms. The topological polar surface area (TPSA) is 54.0 Å². The number of anilines is 1. The van der Waals surface area contributed by atoms with Crippen LogP contribution in [0, 0.1) is 11.3 Å². The highest BCUT2D eigenvalue weighted by atomic mass is 32.1. The van der Waals surface area contributed by atoms with Gasteiger partial charge in [-0.25, -0.2) is 4.98 Å². The fraction of sp³-hybridized carbons (Fsp3) is 0.474. The van der Waals surface area contributed by atoms with Gasteiger partial charge >= 0.3 is 0 Å². The molecule has 0 bridgehead atoms. The largest absolute Gasteiger partial charge is 0.317 e. The van der Waals surface area contributed by atoms with Crippen LogP contribution in [0.5, 0.6) is 0 Å². The van der Waals surface area contributed by atoms with Crippen LogP contribution in [-0.4, -0.2) is 24.0 Å². The lowest BCUT2D eigenvalue weighted by Crippen LogP contribution is -2.31. The summed E-state index contributed by atoms with van der Waals surface area (Å²) in [4.78, 5) is 17.1. The number of piperidine rings is 1. The Labute approximate surface area is 146 Å². The molecule has 1 amide bonds. The molecule has 24 heavy (non-hydrogen) atoms. The molecule has 2 aliphatic rings. The van der Waals surface area contributed by atoms with Crippen molar-refractivity contribution in [3.05, 3.63) is 35.2 Å². The lowest BCUT2D eigenvalue weighted by molar-refractivity contribution is -0.118. The average molecular weight is 341 g/mol. The molecule has 1 aliphatic heterocycles. The second kappa shape index (κ2) is 6.30. The van der Waals surface area contributed by atoms with E-state index in [0.717, 1.165) is 50.0 Å². The number of carbonyl (C=O) groups is 1. The first-order valence-corrected chi connectivity index (χ1v) is 9.64. The quantitative estimate of drug-likeness (QED) is 0.891. The first-order valence-electron chi connectivity index (χ1n) is 8.77. The van der Waals surface area contributed by atoms with E-state index in [0.29, 0.717) is 5.13 Å². The summed E-state index contributed by atoms with van der Waals surface area (Å²) in [7, 11) is 0. The first-order chi connectivity index (χ1) is 11.7. The van der Waals surface area contributed by atoms with Crippen LogP contribution >= 0.6 is 11.3 Å². The van der Waals surface area contributed by atoms with Crippen molar-refractivity contribution < 1.29 is 4.79 Å². The Balaban J connectivity index is 1.41. The maximum absolute atomic E-state index is 12.5. The van der Waals surface area contributed by atoms with Gasteiger partial charge in [-0.3, -0.25) is 4.79 Å². The number of nitrogens with zero attached hydrogens (tertiary/aromatic N) is 1. The Morgan fingerprint density at radius 3 is 2.79 bits per heavy atom. The van der Waals surface area contributed by atoms with Gasteiger partial charge in [-0.1, -0.05) is 31.2 Å². The molecule has 1 saturated heterocycles. The van der Waals surface area contributed by atoms with Gasteiger partial charge in [-0.15, -0.1) is 11.3 Å². The van der Waals surface area contributed by atoms with Crippen LogP contribution < -0.4 is 10.6 Å². The van der Waals surface area contributed by atoms with Crippen molar-refractivity contribution in [2.45, 2.75) is 32.6 Å². The highest BCUT2D eigenvalue weighted by molar-refractivity contribution is 7.14. The molecule has 4 rings (SSSR count). The molecule has 2 aromatic rings. The molecule has 1 aromatic carbocycles. The number of hydrogen-bond donors (Lipinski definition) is 2. The van der Waals surface area contributed by atoms with Gasteiger partial charge in [0, 0.05) is 16.9 Å². The second-order valence-electron chi connectivity index (χ2n) is 6.95. The van der Waals surface area contributed by atoms with Crippen LogP contribution in [0.2, 0.25) is 0 Å². The van der Waals surface area contributed by atoms with Crippen LogP contribution in [0.15, 0.2) is 29.6 Å². The van der Waals surface area contributed by atoms with Crippen LogP contribution in [0.3, 0.4) is 0 Å². The first kappa shape index (κ1) is 15.8. The second-order valence-corrected chi connectivity index (χ2v) is 7.80. The van der Waals surface area contributed by atoms with Crippen molar-refractivity contribution >= 4 is 22.4 Å². The third-order valence-electron chi connectivity index (χ3n) is 5.50. The van der Waals surface area contributed by atoms with E-state index in [2.05, 4.69) is 46.8 Å². The predicted octanol–water partition coefficient (Wildman–Crippen LogP) is 3.70. The van der Waals surface area contributed by atoms with E-state index in [4.69, 9.17) is 0 Å². The van der Waals surface area contributed by atoms with Crippen molar-refractivity contribution in [3.8, 4) is 11.3 Å². The number of thiazole rings is 1. The molecular formula is C19H23N3OS. The van der Waals surface area contributed by atoms with E-state index < -0.39 is 0 Å². The standard InChI is InChI=1S/C19H23N3OS/c1-2-13-3-5-14(6-4-13)16-12-24-18(21-16)22-17(23)15-11-19(15)7-9-20-10-8-19/h3-6,12,15,20H,2,7-11H2,1H3,(H,21,22,23). The number of hydrogen-bond acceptors (Lipinski definition) is 4. The Morgan fingerprint density at radius 2 is 2.08 bits per heavy atom. The highest BCUT2D eigenvalue weighted by Crippen LogP contribution is 2.58. The third-order valence-corrected chi connectivity index (χ3v) is 6.26. The van der Waals surface area contributed by atoms with E-state index in [9.17, 15) is 4.79 Å². The smallest absolute Gasteiger partial charge is 0.229 e. The molecule has 1 aromatic heterocycles. The van der Waals surface area contributed by atoms with Crippen LogP contribution in [0.25, 0.3) is 11.3 Å². The summed E-state index contributed by atoms with van der Waals surface area (Å²) < 4.78 is 0. The van der Waals surface area contributed by atoms with E-state index in [1.54, 1.807) is 0 Å². The molecule has 1 atom stereocenters. The van der Waals surface area contributed by atoms with Crippen molar-refractivity contribution in [2.75, 3.05) is 18.4 Å². The van der Waals surface area contributed by atoms with Gasteiger partial charge in [0.15, 0.2) is 5.13 Å². The van der Waals surface area contributed by atoms with Crippen LogP contribution in [-0.2, 0) is 11.2 Å². The third kappa shape index (κ3) is 2.98. The summed E-state index contributed by atoms with van der Waals surface area (Å²) in [6.07, 6.45) is 4.32. The zero-order valence-electron chi connectivity index (χ0n) is 14.0. The predicted molar refractivity (Wildman–Crippen MR) is 98.2 cm³/mol. The number of rotatable bonds is 4. The number of benzene rings is 1. The number of aryl methyl sites for hydroxylation is 1. The fourth-order valence-corrected chi connectivity index (χ4v) is 4.49. The van der Waals surface area contributed by atoms with Crippen molar-refractivity contribution in [3.63, 3.8) is 0 Å². The monoisotopic (exact) mass is 341 g/mol. The molecule has 4 nitrogen and oxygen atoms in total. The van der Waals surface area contributed by atoms with E-state index in [1.165, 1.54) is 16.9 Å². The molecular weight excluding hydrogens is 318 g/mol. The summed E-state index contributed by atoms with van der Waals surface area (Å²) >= 11 is 1.51. The maximum atomic E-state index is 12.5. The number of nitrogens with one attached hydrogen (secondary N) is 2. The van der Waals surface area contributed by atoms with Gasteiger partial charge in [0.2, 0.25) is 5.91 Å². The van der Waals surface area contributed by atoms with Crippen LogP contribution in [0.4, 0.5) is 5.13 Å². The minimum absolute atomic E-state index is 0.152. The lowest BCUT2D eigenvalue weighted by atomic mass is 9.92. The summed E-state index contributed by atoms with van der Waals surface area (Å²) in [5, 5.41) is 9.14. The summed E-state index contributed by atoms with van der Waals surface area (Å²) in [6.45, 7) is 4.23. The van der Waals surface area contributed by atoms with Crippen molar-refractivity contribution in [2.24, 2.45) is 11.3 Å². The molecule has 5 heteroatoms. The average Bonchev–Trinajstić information content (AvgIpc) is 3.11. The minimum atomic E-state index is 0.152. The normalized spacial score (nSPS) is 21.6. The molecule has 2 fully saturated rings. The Bertz CT molecular complexity index is 731. The molecule has 1 saturated carbocycles. The molecule has 126 valence electrons. The van der Waals surface area contributed by atoms with Gasteiger partial charge in [0.05, 0.1) is 5.69 Å². The summed E-state index contributed by atoms with van der Waals surface area (Å²) in [5.74, 6) is 0.329. The lowest BCUT2D eigenvalue weighted by Gasteiger charge is -2.22. The van der Waals surface area contributed by atoms with Crippen molar-refractivity contribution in [1.29, 1.82) is 0 Å². The van der Waals surface area contributed by atoms with Gasteiger partial charge < -0.3 is 10.6 Å². The SMILES string of the molecule is CCc1ccc(-c2csc(NC(=O)C3CC34CCNCC4)n2)cc1. The fourth-order valence-electron chi connectivity index (χ4n) is 3.76. The Kier molecular flexibility index (Phi) is 4.14. The summed E-state index contributed by atoms with van der Waals surface area (Å²) in [5.41, 5.74) is 3.63.